The van der Waals surface area contributed by atoms with Crippen molar-refractivity contribution in [1.82, 2.24) is 9.88 Å². The van der Waals surface area contributed by atoms with E-state index >= 15 is 0 Å². The second-order valence-corrected chi connectivity index (χ2v) is 6.93. The number of carboxylic acids is 1. The maximum Gasteiger partial charge on any atom is 0.307 e. The lowest BCUT2D eigenvalue weighted by Gasteiger charge is -2.26. The van der Waals surface area contributed by atoms with Crippen molar-refractivity contribution in [2.24, 2.45) is 0 Å². The van der Waals surface area contributed by atoms with Crippen LogP contribution in [0.1, 0.15) is 16.1 Å². The largest absolute Gasteiger partial charge is 0.481 e. The van der Waals surface area contributed by atoms with Crippen LogP contribution in [0.2, 0.25) is 0 Å². The van der Waals surface area contributed by atoms with Crippen LogP contribution >= 0.6 is 0 Å². The molecule has 1 aliphatic rings. The van der Waals surface area contributed by atoms with Crippen LogP contribution in [0.3, 0.4) is 0 Å². The number of H-pyrrole nitrogens is 1. The van der Waals surface area contributed by atoms with Gasteiger partial charge in [0.15, 0.2) is 0 Å². The Morgan fingerprint density at radius 2 is 1.91 bits per heavy atom. The topological polar surface area (TPSA) is 90.5 Å². The third-order valence-electron chi connectivity index (χ3n) is 3.82. The second-order valence-electron chi connectivity index (χ2n) is 5.23. The molecule has 2 N–H and O–H groups in total. The number of carboxylic acid groups (broad SMARTS) is 1. The number of hydrogen-bond donors (Lipinski definition) is 2. The van der Waals surface area contributed by atoms with Crippen molar-refractivity contribution in [2.75, 3.05) is 24.6 Å². The van der Waals surface area contributed by atoms with Gasteiger partial charge in [-0.15, -0.1) is 0 Å². The Hall–Kier alpha value is -2.15. The van der Waals surface area contributed by atoms with Gasteiger partial charge in [0, 0.05) is 51.9 Å². The first-order chi connectivity index (χ1) is 10.6. The zero-order valence-electron chi connectivity index (χ0n) is 11.9. The highest BCUT2D eigenvalue weighted by atomic mass is 32.2. The molecule has 1 aromatic heterocycles. The van der Waals surface area contributed by atoms with Gasteiger partial charge in [0.2, 0.25) is 0 Å². The van der Waals surface area contributed by atoms with Crippen molar-refractivity contribution in [2.45, 2.75) is 6.42 Å². The normalized spacial score (nSPS) is 16.1. The molecule has 2 heterocycles. The number of fused-ring (bicyclic) bond motifs is 1. The van der Waals surface area contributed by atoms with Gasteiger partial charge in [-0.3, -0.25) is 13.8 Å². The number of rotatable bonds is 3. The van der Waals surface area contributed by atoms with Crippen LogP contribution in [-0.2, 0) is 22.0 Å². The fraction of sp³-hybridized carbons (Fsp3) is 0.333. The van der Waals surface area contributed by atoms with E-state index in [1.807, 2.05) is 24.3 Å². The third kappa shape index (κ3) is 2.76. The van der Waals surface area contributed by atoms with Crippen LogP contribution < -0.4 is 0 Å². The minimum atomic E-state index is -0.974. The first-order valence-electron chi connectivity index (χ1n) is 7.02. The summed E-state index contributed by atoms with van der Waals surface area (Å²) < 4.78 is 11.4. The van der Waals surface area contributed by atoms with E-state index in [4.69, 9.17) is 5.11 Å². The minimum Gasteiger partial charge on any atom is -0.481 e. The summed E-state index contributed by atoms with van der Waals surface area (Å²) in [6.45, 7) is 0.876. The van der Waals surface area contributed by atoms with E-state index in [9.17, 15) is 13.8 Å². The van der Waals surface area contributed by atoms with Crippen molar-refractivity contribution in [3.63, 3.8) is 0 Å². The maximum atomic E-state index is 12.7. The van der Waals surface area contributed by atoms with E-state index in [2.05, 4.69) is 4.98 Å². The Balaban J connectivity index is 1.99. The summed E-state index contributed by atoms with van der Waals surface area (Å²) in [5, 5.41) is 9.88. The number of nitrogens with one attached hydrogen (secondary N) is 1. The lowest BCUT2D eigenvalue weighted by molar-refractivity contribution is -0.136. The predicted molar refractivity (Wildman–Crippen MR) is 83.4 cm³/mol. The molecule has 0 aliphatic carbocycles. The smallest absolute Gasteiger partial charge is 0.307 e. The van der Waals surface area contributed by atoms with Crippen molar-refractivity contribution in [1.29, 1.82) is 0 Å². The van der Waals surface area contributed by atoms with E-state index in [0.29, 0.717) is 35.9 Å². The minimum absolute atomic E-state index is 0.204. The molecular formula is C15H16N2O4S. The molecule has 0 bridgehead atoms. The number of aromatic amines is 1. The molecule has 1 fully saturated rings. The summed E-state index contributed by atoms with van der Waals surface area (Å²) in [7, 11) is -0.861. The zero-order valence-corrected chi connectivity index (χ0v) is 12.7. The van der Waals surface area contributed by atoms with Gasteiger partial charge in [-0.25, -0.2) is 0 Å². The molecule has 1 aromatic carbocycles. The van der Waals surface area contributed by atoms with Gasteiger partial charge >= 0.3 is 5.97 Å². The molecule has 1 saturated heterocycles. The molecule has 22 heavy (non-hydrogen) atoms. The van der Waals surface area contributed by atoms with E-state index in [-0.39, 0.29) is 12.3 Å². The number of nitrogens with zero attached hydrogens (tertiary/aromatic N) is 1. The van der Waals surface area contributed by atoms with Crippen LogP contribution in [0.25, 0.3) is 10.9 Å². The fourth-order valence-electron chi connectivity index (χ4n) is 2.72. The maximum absolute atomic E-state index is 12.7. The van der Waals surface area contributed by atoms with Gasteiger partial charge in [-0.2, -0.15) is 0 Å². The number of aliphatic carboxylic acids is 1. The Bertz CT molecular complexity index is 758. The molecule has 0 unspecified atom stereocenters. The summed E-state index contributed by atoms with van der Waals surface area (Å²) in [6, 6.07) is 7.29. The van der Waals surface area contributed by atoms with Gasteiger partial charge in [0.05, 0.1) is 6.42 Å². The molecule has 0 spiro atoms. The Morgan fingerprint density at radius 1 is 1.23 bits per heavy atom. The standard InChI is InChI=1S/C15H16N2O4S/c18-13(19)9-11-10-3-1-2-4-12(10)16-14(11)15(20)17-5-7-22(21)8-6-17/h1-4,16H,5-9H2,(H,18,19). The summed E-state index contributed by atoms with van der Waals surface area (Å²) >= 11 is 0. The van der Waals surface area contributed by atoms with Gasteiger partial charge in [0.1, 0.15) is 5.69 Å². The van der Waals surface area contributed by atoms with E-state index in [1.165, 1.54) is 0 Å². The number of carbonyl (C=O) groups excluding carboxylic acids is 1. The third-order valence-corrected chi connectivity index (χ3v) is 5.10. The number of hydrogen-bond acceptors (Lipinski definition) is 3. The van der Waals surface area contributed by atoms with Crippen LogP contribution in [0.15, 0.2) is 24.3 Å². The molecule has 0 saturated carbocycles. The van der Waals surface area contributed by atoms with Crippen LogP contribution in [0.4, 0.5) is 0 Å². The monoisotopic (exact) mass is 320 g/mol. The Labute approximate surface area is 129 Å². The molecule has 116 valence electrons. The molecule has 2 aromatic rings. The summed E-state index contributed by atoms with van der Waals surface area (Å²) in [5.74, 6) is -0.247. The van der Waals surface area contributed by atoms with Crippen LogP contribution in [0.5, 0.6) is 0 Å². The molecule has 6 nitrogen and oxygen atoms in total. The van der Waals surface area contributed by atoms with Gasteiger partial charge < -0.3 is 15.0 Å². The number of carbonyl (C=O) groups is 2. The summed E-state index contributed by atoms with van der Waals surface area (Å²) in [5.41, 5.74) is 1.60. The molecule has 3 rings (SSSR count). The van der Waals surface area contributed by atoms with Crippen molar-refractivity contribution in [3.8, 4) is 0 Å². The second kappa shape index (κ2) is 5.92. The Morgan fingerprint density at radius 3 is 2.59 bits per heavy atom. The van der Waals surface area contributed by atoms with Gasteiger partial charge in [0.25, 0.3) is 5.91 Å². The Kier molecular flexibility index (Phi) is 3.98. The van der Waals surface area contributed by atoms with Crippen LogP contribution in [-0.4, -0.2) is 55.7 Å². The molecule has 0 radical (unpaired) electrons. The first-order valence-corrected chi connectivity index (χ1v) is 8.50. The average Bonchev–Trinajstić information content (AvgIpc) is 2.86. The highest BCUT2D eigenvalue weighted by Crippen LogP contribution is 2.24. The van der Waals surface area contributed by atoms with E-state index < -0.39 is 16.8 Å². The molecule has 7 heteroatoms. The van der Waals surface area contributed by atoms with Gasteiger partial charge in [-0.1, -0.05) is 18.2 Å². The van der Waals surface area contributed by atoms with Crippen LogP contribution in [0, 0.1) is 0 Å². The highest BCUT2D eigenvalue weighted by Gasteiger charge is 2.26. The molecular weight excluding hydrogens is 304 g/mol. The van der Waals surface area contributed by atoms with E-state index in [1.54, 1.807) is 4.90 Å². The number of aromatic nitrogens is 1. The highest BCUT2D eigenvalue weighted by molar-refractivity contribution is 7.85. The van der Waals surface area contributed by atoms with Crippen molar-refractivity contribution in [3.05, 3.63) is 35.5 Å². The zero-order chi connectivity index (χ0) is 15.7. The lowest BCUT2D eigenvalue weighted by Crippen LogP contribution is -2.42. The van der Waals surface area contributed by atoms with Gasteiger partial charge in [-0.05, 0) is 6.07 Å². The number of amides is 1. The summed E-state index contributed by atoms with van der Waals surface area (Å²) in [6.07, 6.45) is -0.204. The fourth-order valence-corrected chi connectivity index (χ4v) is 3.77. The quantitative estimate of drug-likeness (QED) is 0.883. The molecule has 1 amide bonds. The lowest BCUT2D eigenvalue weighted by atomic mass is 10.1. The number of para-hydroxylation sites is 1. The molecule has 0 atom stereocenters. The van der Waals surface area contributed by atoms with E-state index in [0.717, 1.165) is 10.9 Å². The summed E-state index contributed by atoms with van der Waals surface area (Å²) in [4.78, 5) is 28.5. The SMILES string of the molecule is O=C(O)Cc1c(C(=O)N2CCS(=O)CC2)[nH]c2ccccc12. The molecule has 1 aliphatic heterocycles. The van der Waals surface area contributed by atoms with Crippen molar-refractivity contribution >= 4 is 33.6 Å². The first kappa shape index (κ1) is 14.8. The average molecular weight is 320 g/mol. The predicted octanol–water partition coefficient (Wildman–Crippen LogP) is 0.999. The van der Waals surface area contributed by atoms with Crippen molar-refractivity contribution < 1.29 is 18.9 Å². The number of benzene rings is 1.